The van der Waals surface area contributed by atoms with Gasteiger partial charge < -0.3 is 9.47 Å². The summed E-state index contributed by atoms with van der Waals surface area (Å²) in [5.74, 6) is 1.48. The van der Waals surface area contributed by atoms with Crippen molar-refractivity contribution in [3.05, 3.63) is 29.3 Å². The number of ether oxygens (including phenoxy) is 2. The summed E-state index contributed by atoms with van der Waals surface area (Å²) >= 11 is 7.88. The molecule has 0 bridgehead atoms. The number of aromatic nitrogens is 3. The van der Waals surface area contributed by atoms with E-state index in [0.717, 1.165) is 23.1 Å². The molecule has 0 N–H and O–H groups in total. The van der Waals surface area contributed by atoms with Crippen LogP contribution in [0.15, 0.2) is 29.4 Å². The average Bonchev–Trinajstić information content (AvgIpc) is 2.95. The van der Waals surface area contributed by atoms with Gasteiger partial charge in [-0.05, 0) is 26.0 Å². The Morgan fingerprint density at radius 2 is 1.87 bits per heavy atom. The Morgan fingerprint density at radius 3 is 2.61 bits per heavy atom. The fraction of sp³-hybridized carbons (Fsp3) is 0.500. The quantitative estimate of drug-likeness (QED) is 0.479. The Kier molecular flexibility index (Phi) is 7.88. The van der Waals surface area contributed by atoms with E-state index in [4.69, 9.17) is 21.1 Å². The first-order valence-electron chi connectivity index (χ1n) is 7.74. The van der Waals surface area contributed by atoms with E-state index in [1.165, 1.54) is 0 Å². The van der Waals surface area contributed by atoms with Gasteiger partial charge in [-0.25, -0.2) is 9.67 Å². The van der Waals surface area contributed by atoms with E-state index in [0.29, 0.717) is 37.2 Å². The lowest BCUT2D eigenvalue weighted by molar-refractivity contribution is 0.134. The third kappa shape index (κ3) is 5.49. The van der Waals surface area contributed by atoms with Crippen LogP contribution in [0, 0.1) is 0 Å². The van der Waals surface area contributed by atoms with Crippen molar-refractivity contribution in [2.45, 2.75) is 25.5 Å². The molecular weight excluding hydrogens is 334 g/mol. The van der Waals surface area contributed by atoms with Crippen LogP contribution in [0.3, 0.4) is 0 Å². The van der Waals surface area contributed by atoms with Crippen LogP contribution in [0.2, 0.25) is 5.02 Å². The molecule has 0 spiro atoms. The molecule has 0 aliphatic heterocycles. The summed E-state index contributed by atoms with van der Waals surface area (Å²) in [5.41, 5.74) is 0.844. The van der Waals surface area contributed by atoms with E-state index in [1.807, 2.05) is 42.8 Å². The second kappa shape index (κ2) is 9.93. The number of thioether (sulfide) groups is 1. The average molecular weight is 356 g/mol. The summed E-state index contributed by atoms with van der Waals surface area (Å²) in [6, 6.07) is 7.61. The van der Waals surface area contributed by atoms with Gasteiger partial charge in [0.1, 0.15) is 0 Å². The fourth-order valence-electron chi connectivity index (χ4n) is 1.97. The number of rotatable bonds is 10. The van der Waals surface area contributed by atoms with Gasteiger partial charge in [0.15, 0.2) is 11.0 Å². The van der Waals surface area contributed by atoms with Crippen molar-refractivity contribution in [2.24, 2.45) is 0 Å². The van der Waals surface area contributed by atoms with Crippen LogP contribution in [0.25, 0.3) is 11.4 Å². The second-order valence-corrected chi connectivity index (χ2v) is 6.13. The summed E-state index contributed by atoms with van der Waals surface area (Å²) < 4.78 is 12.7. The lowest BCUT2D eigenvalue weighted by Crippen LogP contribution is -2.09. The van der Waals surface area contributed by atoms with Crippen LogP contribution in [-0.4, -0.2) is 46.9 Å². The lowest BCUT2D eigenvalue weighted by Gasteiger charge is -2.05. The molecule has 0 aliphatic carbocycles. The van der Waals surface area contributed by atoms with Crippen molar-refractivity contribution in [3.63, 3.8) is 0 Å². The summed E-state index contributed by atoms with van der Waals surface area (Å²) in [5, 5.41) is 6.11. The molecule has 0 atom stereocenters. The van der Waals surface area contributed by atoms with Gasteiger partial charge in [0.2, 0.25) is 0 Å². The fourth-order valence-corrected chi connectivity index (χ4v) is 3.00. The molecule has 0 amide bonds. The zero-order chi connectivity index (χ0) is 16.5. The monoisotopic (exact) mass is 355 g/mol. The molecule has 1 aromatic heterocycles. The lowest BCUT2D eigenvalue weighted by atomic mass is 10.2. The van der Waals surface area contributed by atoms with Gasteiger partial charge in [-0.2, -0.15) is 0 Å². The standard InChI is InChI=1S/C16H22ClN3O2S/c1-3-21-10-9-20-16(23-12-11-22-4-2)18-15(19-20)13-7-5-6-8-14(13)17/h5-8H,3-4,9-12H2,1-2H3. The summed E-state index contributed by atoms with van der Waals surface area (Å²) in [6.07, 6.45) is 0. The van der Waals surface area contributed by atoms with Crippen LogP contribution >= 0.6 is 23.4 Å². The van der Waals surface area contributed by atoms with E-state index in [-0.39, 0.29) is 0 Å². The smallest absolute Gasteiger partial charge is 0.186 e. The van der Waals surface area contributed by atoms with Crippen molar-refractivity contribution >= 4 is 23.4 Å². The SMILES string of the molecule is CCOCCSc1nc(-c2ccccc2Cl)nn1CCOCC. The third-order valence-corrected chi connectivity index (χ3v) is 4.33. The van der Waals surface area contributed by atoms with E-state index in [1.54, 1.807) is 11.8 Å². The van der Waals surface area contributed by atoms with E-state index < -0.39 is 0 Å². The molecule has 1 aromatic carbocycles. The van der Waals surface area contributed by atoms with Crippen molar-refractivity contribution in [1.29, 1.82) is 0 Å². The number of nitrogens with zero attached hydrogens (tertiary/aromatic N) is 3. The van der Waals surface area contributed by atoms with Crippen LogP contribution in [0.1, 0.15) is 13.8 Å². The number of halogens is 1. The maximum Gasteiger partial charge on any atom is 0.186 e. The molecule has 0 saturated heterocycles. The molecule has 1 heterocycles. The first kappa shape index (κ1) is 18.3. The molecule has 0 fully saturated rings. The molecule has 126 valence electrons. The van der Waals surface area contributed by atoms with Crippen LogP contribution in [0.5, 0.6) is 0 Å². The van der Waals surface area contributed by atoms with Gasteiger partial charge in [-0.15, -0.1) is 5.10 Å². The second-order valence-electron chi connectivity index (χ2n) is 4.66. The van der Waals surface area contributed by atoms with Crippen molar-refractivity contribution in [2.75, 3.05) is 32.2 Å². The Bertz CT molecular complexity index is 607. The highest BCUT2D eigenvalue weighted by atomic mass is 35.5. The predicted molar refractivity (Wildman–Crippen MR) is 94.2 cm³/mol. The van der Waals surface area contributed by atoms with Crippen molar-refractivity contribution in [3.8, 4) is 11.4 Å². The maximum atomic E-state index is 6.25. The van der Waals surface area contributed by atoms with Gasteiger partial charge >= 0.3 is 0 Å². The highest BCUT2D eigenvalue weighted by molar-refractivity contribution is 7.99. The summed E-state index contributed by atoms with van der Waals surface area (Å²) in [4.78, 5) is 4.64. The van der Waals surface area contributed by atoms with Crippen LogP contribution in [0.4, 0.5) is 0 Å². The summed E-state index contributed by atoms with van der Waals surface area (Å²) in [7, 11) is 0. The van der Waals surface area contributed by atoms with Gasteiger partial charge in [0.25, 0.3) is 0 Å². The minimum atomic E-state index is 0.612. The molecule has 0 unspecified atom stereocenters. The minimum absolute atomic E-state index is 0.612. The molecule has 5 nitrogen and oxygen atoms in total. The topological polar surface area (TPSA) is 49.2 Å². The van der Waals surface area contributed by atoms with Gasteiger partial charge in [0.05, 0.1) is 24.8 Å². The Balaban J connectivity index is 2.15. The number of benzene rings is 1. The van der Waals surface area contributed by atoms with Gasteiger partial charge in [0, 0.05) is 24.5 Å². The molecule has 2 rings (SSSR count). The highest BCUT2D eigenvalue weighted by Crippen LogP contribution is 2.27. The van der Waals surface area contributed by atoms with Gasteiger partial charge in [-0.1, -0.05) is 35.5 Å². The zero-order valence-electron chi connectivity index (χ0n) is 13.5. The van der Waals surface area contributed by atoms with Crippen molar-refractivity contribution < 1.29 is 9.47 Å². The Morgan fingerprint density at radius 1 is 1.13 bits per heavy atom. The molecular formula is C16H22ClN3O2S. The number of hydrogen-bond donors (Lipinski definition) is 0. The van der Waals surface area contributed by atoms with Crippen LogP contribution < -0.4 is 0 Å². The molecule has 0 radical (unpaired) electrons. The molecule has 0 aliphatic rings. The predicted octanol–water partition coefficient (Wildman–Crippen LogP) is 3.76. The summed E-state index contributed by atoms with van der Waals surface area (Å²) in [6.45, 7) is 7.37. The van der Waals surface area contributed by atoms with Crippen molar-refractivity contribution in [1.82, 2.24) is 14.8 Å². The molecule has 7 heteroatoms. The first-order chi connectivity index (χ1) is 11.3. The largest absolute Gasteiger partial charge is 0.381 e. The van der Waals surface area contributed by atoms with E-state index in [9.17, 15) is 0 Å². The molecule has 2 aromatic rings. The van der Waals surface area contributed by atoms with E-state index >= 15 is 0 Å². The maximum absolute atomic E-state index is 6.25. The molecule has 23 heavy (non-hydrogen) atoms. The Hall–Kier alpha value is -1.08. The number of hydrogen-bond acceptors (Lipinski definition) is 5. The van der Waals surface area contributed by atoms with Crippen LogP contribution in [-0.2, 0) is 16.0 Å². The first-order valence-corrected chi connectivity index (χ1v) is 9.10. The highest BCUT2D eigenvalue weighted by Gasteiger charge is 2.14. The third-order valence-electron chi connectivity index (χ3n) is 3.07. The molecule has 0 saturated carbocycles. The van der Waals surface area contributed by atoms with Gasteiger partial charge in [-0.3, -0.25) is 0 Å². The minimum Gasteiger partial charge on any atom is -0.381 e. The van der Waals surface area contributed by atoms with E-state index in [2.05, 4.69) is 10.1 Å². The Labute approximate surface area is 146 Å². The normalized spacial score (nSPS) is 11.1. The zero-order valence-corrected chi connectivity index (χ0v) is 15.1.